The maximum atomic E-state index is 6.06. The summed E-state index contributed by atoms with van der Waals surface area (Å²) in [5.74, 6) is 0. The summed E-state index contributed by atoms with van der Waals surface area (Å²) < 4.78 is 0. The third-order valence-electron chi connectivity index (χ3n) is 2.37. The van der Waals surface area contributed by atoms with Crippen LogP contribution in [0.15, 0.2) is 23.9 Å². The first-order valence-electron chi connectivity index (χ1n) is 4.30. The highest BCUT2D eigenvalue weighted by Crippen LogP contribution is 2.40. The van der Waals surface area contributed by atoms with Gasteiger partial charge in [0, 0.05) is 21.2 Å². The van der Waals surface area contributed by atoms with Crippen LogP contribution in [0, 0.1) is 6.57 Å². The number of hydrogen-bond acceptors (Lipinski definition) is 0. The number of rotatable bonds is 1. The van der Waals surface area contributed by atoms with Crippen molar-refractivity contribution in [3.05, 3.63) is 44.3 Å². The molecule has 0 heterocycles. The van der Waals surface area contributed by atoms with Crippen molar-refractivity contribution < 1.29 is 0 Å². The van der Waals surface area contributed by atoms with Gasteiger partial charge in [0.25, 0.3) is 6.57 Å². The van der Waals surface area contributed by atoms with Crippen molar-refractivity contribution in [2.75, 3.05) is 0 Å². The van der Waals surface area contributed by atoms with E-state index in [-0.39, 0.29) is 0 Å². The first-order valence-corrected chi connectivity index (χ1v) is 5.06. The van der Waals surface area contributed by atoms with Crippen LogP contribution in [0.2, 0.25) is 10.0 Å². The van der Waals surface area contributed by atoms with Gasteiger partial charge in [-0.2, -0.15) is 0 Å². The van der Waals surface area contributed by atoms with Crippen molar-refractivity contribution >= 4 is 28.8 Å². The van der Waals surface area contributed by atoms with E-state index in [1.807, 2.05) is 12.1 Å². The minimum Gasteiger partial charge on any atom is -0.0843 e. The van der Waals surface area contributed by atoms with Crippen LogP contribution in [-0.4, -0.2) is 0 Å². The molecule has 3 heteroatoms. The summed E-state index contributed by atoms with van der Waals surface area (Å²) >= 11 is 11.9. The first kappa shape index (κ1) is 9.58. The van der Waals surface area contributed by atoms with Gasteiger partial charge in [-0.15, -0.1) is 0 Å². The highest BCUT2D eigenvalue weighted by atomic mass is 35.5. The fourth-order valence-electron chi connectivity index (χ4n) is 1.53. The predicted molar refractivity (Wildman–Crippen MR) is 60.9 cm³/mol. The summed E-state index contributed by atoms with van der Waals surface area (Å²) in [6, 6.07) is 5.46. The second-order valence-corrected chi connectivity index (χ2v) is 4.02. The van der Waals surface area contributed by atoms with E-state index in [9.17, 15) is 0 Å². The molecule has 1 aliphatic carbocycles. The van der Waals surface area contributed by atoms with Gasteiger partial charge in [0.05, 0.1) is 6.42 Å². The summed E-state index contributed by atoms with van der Waals surface area (Å²) in [6.07, 6.45) is 1.92. The SMILES string of the molecule is C#[N+]C1=C(c2ccc(Cl)cc2Cl)CC1. The monoisotopic (exact) mass is 224 g/mol. The summed E-state index contributed by atoms with van der Waals surface area (Å²) in [5, 5.41) is 1.30. The molecule has 0 N–H and O–H groups in total. The zero-order valence-electron chi connectivity index (χ0n) is 7.43. The summed E-state index contributed by atoms with van der Waals surface area (Å²) in [7, 11) is 0. The van der Waals surface area contributed by atoms with Crippen LogP contribution >= 0.6 is 23.2 Å². The number of nitrogens with zero attached hydrogens (tertiary/aromatic N) is 1. The van der Waals surface area contributed by atoms with Gasteiger partial charge in [-0.3, -0.25) is 0 Å². The molecule has 0 unspecified atom stereocenters. The maximum absolute atomic E-state index is 6.06. The Bertz CT molecular complexity index is 455. The van der Waals surface area contributed by atoms with Crippen molar-refractivity contribution in [2.45, 2.75) is 12.8 Å². The molecule has 0 radical (unpaired) electrons. The molecule has 2 rings (SSSR count). The Morgan fingerprint density at radius 2 is 2.00 bits per heavy atom. The van der Waals surface area contributed by atoms with Gasteiger partial charge < -0.3 is 0 Å². The summed E-state index contributed by atoms with van der Waals surface area (Å²) in [6.45, 7) is 5.24. The van der Waals surface area contributed by atoms with Crippen LogP contribution in [0.3, 0.4) is 0 Å². The summed E-state index contributed by atoms with van der Waals surface area (Å²) in [5.41, 5.74) is 3.06. The molecule has 1 aromatic rings. The Morgan fingerprint density at radius 3 is 2.50 bits per heavy atom. The van der Waals surface area contributed by atoms with Gasteiger partial charge in [0.2, 0.25) is 0 Å². The van der Waals surface area contributed by atoms with Crippen molar-refractivity contribution in [3.8, 4) is 6.57 Å². The fraction of sp³-hybridized carbons (Fsp3) is 0.182. The van der Waals surface area contributed by atoms with Gasteiger partial charge in [-0.05, 0) is 23.4 Å². The van der Waals surface area contributed by atoms with Crippen LogP contribution < -0.4 is 0 Å². The van der Waals surface area contributed by atoms with E-state index in [1.54, 1.807) is 6.07 Å². The normalized spacial score (nSPS) is 14.9. The van der Waals surface area contributed by atoms with E-state index in [2.05, 4.69) is 4.85 Å². The molecule has 1 aromatic carbocycles. The van der Waals surface area contributed by atoms with E-state index >= 15 is 0 Å². The number of benzene rings is 1. The number of hydrogen-bond donors (Lipinski definition) is 0. The standard InChI is InChI=1S/C11H8Cl2N/c1-14-11-5-4-9(11)8-3-2-7(12)6-10(8)13/h1-3,6H,4-5H2/q+1. The molecule has 0 saturated carbocycles. The lowest BCUT2D eigenvalue weighted by atomic mass is 9.88. The Kier molecular flexibility index (Phi) is 2.50. The van der Waals surface area contributed by atoms with Crippen LogP contribution in [0.5, 0.6) is 0 Å². The van der Waals surface area contributed by atoms with Crippen molar-refractivity contribution in [1.29, 1.82) is 0 Å². The lowest BCUT2D eigenvalue weighted by Crippen LogP contribution is -2.00. The topological polar surface area (TPSA) is 4.36 Å². The van der Waals surface area contributed by atoms with E-state index in [0.29, 0.717) is 10.0 Å². The lowest BCUT2D eigenvalue weighted by molar-refractivity contribution is 0.933. The van der Waals surface area contributed by atoms with Gasteiger partial charge in [0.15, 0.2) is 0 Å². The molecule has 0 fully saturated rings. The van der Waals surface area contributed by atoms with Crippen molar-refractivity contribution in [3.63, 3.8) is 0 Å². The van der Waals surface area contributed by atoms with E-state index < -0.39 is 0 Å². The maximum Gasteiger partial charge on any atom is 0.320 e. The largest absolute Gasteiger partial charge is 0.320 e. The predicted octanol–water partition coefficient (Wildman–Crippen LogP) is 4.46. The molecular weight excluding hydrogens is 217 g/mol. The van der Waals surface area contributed by atoms with Crippen LogP contribution in [0.25, 0.3) is 10.4 Å². The molecule has 0 aliphatic heterocycles. The molecule has 1 nitrogen and oxygen atoms in total. The highest BCUT2D eigenvalue weighted by molar-refractivity contribution is 6.35. The third-order valence-corrected chi connectivity index (χ3v) is 2.92. The third kappa shape index (κ3) is 1.52. The van der Waals surface area contributed by atoms with Crippen molar-refractivity contribution in [1.82, 2.24) is 0 Å². The molecule has 0 amide bonds. The second-order valence-electron chi connectivity index (χ2n) is 3.18. The minimum atomic E-state index is 0.643. The van der Waals surface area contributed by atoms with Gasteiger partial charge in [-0.1, -0.05) is 29.3 Å². The fourth-order valence-corrected chi connectivity index (χ4v) is 2.05. The second kappa shape index (κ2) is 3.65. The zero-order chi connectivity index (χ0) is 10.1. The number of allylic oxidation sites excluding steroid dienone is 2. The molecule has 0 atom stereocenters. The Balaban J connectivity index is 2.49. The van der Waals surface area contributed by atoms with Crippen LogP contribution in [-0.2, 0) is 0 Å². The lowest BCUT2D eigenvalue weighted by Gasteiger charge is -2.13. The molecule has 0 saturated heterocycles. The average molecular weight is 225 g/mol. The van der Waals surface area contributed by atoms with Gasteiger partial charge in [0.1, 0.15) is 0 Å². The van der Waals surface area contributed by atoms with Crippen LogP contribution in [0.1, 0.15) is 18.4 Å². The van der Waals surface area contributed by atoms with Crippen LogP contribution in [0.4, 0.5) is 0 Å². The Morgan fingerprint density at radius 1 is 1.21 bits per heavy atom. The number of halogens is 2. The van der Waals surface area contributed by atoms with Gasteiger partial charge >= 0.3 is 5.70 Å². The molecule has 14 heavy (non-hydrogen) atoms. The molecule has 1 aliphatic rings. The molecule has 0 aromatic heterocycles. The minimum absolute atomic E-state index is 0.643. The van der Waals surface area contributed by atoms with E-state index in [1.165, 1.54) is 0 Å². The molecule has 70 valence electrons. The smallest absolute Gasteiger partial charge is 0.0843 e. The highest BCUT2D eigenvalue weighted by Gasteiger charge is 2.28. The first-order chi connectivity index (χ1) is 6.72. The average Bonchev–Trinajstić information content (AvgIpc) is 2.08. The van der Waals surface area contributed by atoms with E-state index in [4.69, 9.17) is 29.8 Å². The Labute approximate surface area is 92.8 Å². The van der Waals surface area contributed by atoms with Gasteiger partial charge in [-0.25, -0.2) is 0 Å². The zero-order valence-corrected chi connectivity index (χ0v) is 8.94. The van der Waals surface area contributed by atoms with E-state index in [0.717, 1.165) is 29.7 Å². The molecular formula is C11H8Cl2N+. The quantitative estimate of drug-likeness (QED) is 0.664. The molecule has 0 spiro atoms. The van der Waals surface area contributed by atoms with Crippen molar-refractivity contribution in [2.24, 2.45) is 0 Å². The summed E-state index contributed by atoms with van der Waals surface area (Å²) in [4.78, 5) is 3.70. The Hall–Kier alpha value is -0.970. The molecule has 0 bridgehead atoms.